The summed E-state index contributed by atoms with van der Waals surface area (Å²) < 4.78 is 34.2. The van der Waals surface area contributed by atoms with Crippen molar-refractivity contribution in [3.8, 4) is 33.6 Å². The highest BCUT2D eigenvalue weighted by Crippen LogP contribution is 2.44. The molecule has 0 saturated heterocycles. The largest absolute Gasteiger partial charge is 0.218 e. The van der Waals surface area contributed by atoms with E-state index in [-0.39, 0.29) is 12.0 Å². The Balaban J connectivity index is 1.43. The standard InChI is InChI=1S/C34H26F2N2/c35-26-20-29-28-13-8-17-37-22-25(23-9-2-1-3-10-23)15-16-31(37)27-12-5-4-11-24(27)19-33(28)38-18-7-6-14-32(38)34(29)30(36)21-26/h1-12,14-18,20-22,28,33H,13,19H2/q+2/b17-8+. The third-order valence-electron chi connectivity index (χ3n) is 7.92. The smallest absolute Gasteiger partial charge is 0.207 e. The summed E-state index contributed by atoms with van der Waals surface area (Å²) in [6.45, 7) is 0. The molecule has 0 saturated carbocycles. The van der Waals surface area contributed by atoms with E-state index in [2.05, 4.69) is 76.1 Å². The van der Waals surface area contributed by atoms with Gasteiger partial charge in [0.1, 0.15) is 11.6 Å². The molecule has 38 heavy (non-hydrogen) atoms. The predicted octanol–water partition coefficient (Wildman–Crippen LogP) is 7.30. The fourth-order valence-corrected chi connectivity index (χ4v) is 6.20. The summed E-state index contributed by atoms with van der Waals surface area (Å²) in [5.74, 6) is -1.12. The van der Waals surface area contributed by atoms with Crippen LogP contribution in [0.2, 0.25) is 0 Å². The molecule has 0 N–H and O–H groups in total. The maximum Gasteiger partial charge on any atom is 0.218 e. The summed E-state index contributed by atoms with van der Waals surface area (Å²) in [5, 5.41) is 0. The lowest BCUT2D eigenvalue weighted by Gasteiger charge is -2.31. The molecule has 3 aromatic carbocycles. The lowest BCUT2D eigenvalue weighted by atomic mass is 9.77. The van der Waals surface area contributed by atoms with Crippen LogP contribution in [0.15, 0.2) is 116 Å². The quantitative estimate of drug-likeness (QED) is 0.214. The maximum absolute atomic E-state index is 15.3. The highest BCUT2D eigenvalue weighted by molar-refractivity contribution is 5.68. The van der Waals surface area contributed by atoms with E-state index in [4.69, 9.17) is 0 Å². The fourth-order valence-electron chi connectivity index (χ4n) is 6.20. The van der Waals surface area contributed by atoms with Crippen LogP contribution in [-0.4, -0.2) is 0 Å². The van der Waals surface area contributed by atoms with Gasteiger partial charge in [-0.05, 0) is 53.5 Å². The first-order valence-corrected chi connectivity index (χ1v) is 13.0. The highest BCUT2D eigenvalue weighted by atomic mass is 19.1. The molecule has 0 aliphatic carbocycles. The number of aromatic nitrogens is 2. The summed E-state index contributed by atoms with van der Waals surface area (Å²) >= 11 is 0. The van der Waals surface area contributed by atoms with E-state index < -0.39 is 11.6 Å². The molecular formula is C34H26F2N2+2. The molecule has 2 aliphatic heterocycles. The van der Waals surface area contributed by atoms with Crippen molar-refractivity contribution in [3.05, 3.63) is 138 Å². The summed E-state index contributed by atoms with van der Waals surface area (Å²) in [5.41, 5.74) is 7.80. The van der Waals surface area contributed by atoms with Gasteiger partial charge in [-0.3, -0.25) is 0 Å². The van der Waals surface area contributed by atoms with Crippen LogP contribution in [0, 0.1) is 11.6 Å². The molecule has 4 heteroatoms. The van der Waals surface area contributed by atoms with Gasteiger partial charge in [0.15, 0.2) is 24.6 Å². The van der Waals surface area contributed by atoms with Gasteiger partial charge in [0.2, 0.25) is 11.4 Å². The van der Waals surface area contributed by atoms with Crippen molar-refractivity contribution in [1.29, 1.82) is 0 Å². The van der Waals surface area contributed by atoms with E-state index in [1.54, 1.807) is 0 Å². The number of hydrogen-bond donors (Lipinski definition) is 0. The Bertz CT molecular complexity index is 1710. The van der Waals surface area contributed by atoms with E-state index in [1.165, 1.54) is 11.6 Å². The topological polar surface area (TPSA) is 7.76 Å². The average molecular weight is 501 g/mol. The highest BCUT2D eigenvalue weighted by Gasteiger charge is 2.42. The molecule has 0 radical (unpaired) electrons. The van der Waals surface area contributed by atoms with Crippen molar-refractivity contribution in [3.63, 3.8) is 0 Å². The Hall–Kier alpha value is -4.44. The fraction of sp³-hybridized carbons (Fsp3) is 0.118. The van der Waals surface area contributed by atoms with E-state index in [0.717, 1.165) is 46.1 Å². The van der Waals surface area contributed by atoms with Crippen molar-refractivity contribution in [2.45, 2.75) is 24.8 Å². The van der Waals surface area contributed by atoms with Gasteiger partial charge in [-0.15, -0.1) is 0 Å². The molecule has 0 fully saturated rings. The van der Waals surface area contributed by atoms with Gasteiger partial charge < -0.3 is 0 Å². The molecule has 2 unspecified atom stereocenters. The lowest BCUT2D eigenvalue weighted by molar-refractivity contribution is -0.718. The van der Waals surface area contributed by atoms with Gasteiger partial charge >= 0.3 is 0 Å². The van der Waals surface area contributed by atoms with Crippen LogP contribution >= 0.6 is 0 Å². The summed E-state index contributed by atoms with van der Waals surface area (Å²) in [6, 6.07) is 31.6. The van der Waals surface area contributed by atoms with Gasteiger partial charge in [-0.25, -0.2) is 8.78 Å². The van der Waals surface area contributed by atoms with Crippen LogP contribution in [0.4, 0.5) is 8.78 Å². The second-order valence-electron chi connectivity index (χ2n) is 10.1. The Labute approximate surface area is 220 Å². The molecular weight excluding hydrogens is 474 g/mol. The third-order valence-corrected chi connectivity index (χ3v) is 7.92. The first-order chi connectivity index (χ1) is 18.7. The van der Waals surface area contributed by atoms with E-state index >= 15 is 4.39 Å². The summed E-state index contributed by atoms with van der Waals surface area (Å²) in [7, 11) is 0. The van der Waals surface area contributed by atoms with Gasteiger partial charge in [0.05, 0.1) is 17.0 Å². The van der Waals surface area contributed by atoms with E-state index in [1.807, 2.05) is 42.6 Å². The first kappa shape index (κ1) is 22.7. The Morgan fingerprint density at radius 3 is 2.45 bits per heavy atom. The van der Waals surface area contributed by atoms with Crippen LogP contribution < -0.4 is 9.13 Å². The average Bonchev–Trinajstić information content (AvgIpc) is 2.95. The number of allylic oxidation sites excluding steroid dienone is 1. The van der Waals surface area contributed by atoms with Crippen LogP contribution in [0.3, 0.4) is 0 Å². The minimum absolute atomic E-state index is 0.0147. The van der Waals surface area contributed by atoms with E-state index in [9.17, 15) is 4.39 Å². The molecule has 0 amide bonds. The minimum atomic E-state index is -0.530. The number of pyridine rings is 2. The Morgan fingerprint density at radius 1 is 0.737 bits per heavy atom. The Morgan fingerprint density at radius 2 is 1.55 bits per heavy atom. The van der Waals surface area contributed by atoms with Crippen molar-refractivity contribution >= 4 is 6.20 Å². The molecule has 2 aliphatic rings. The first-order valence-electron chi connectivity index (χ1n) is 13.0. The number of hydrogen-bond acceptors (Lipinski definition) is 0. The number of benzene rings is 3. The number of nitrogens with zero attached hydrogens (tertiary/aromatic N) is 2. The van der Waals surface area contributed by atoms with Crippen molar-refractivity contribution in [2.24, 2.45) is 0 Å². The summed E-state index contributed by atoms with van der Waals surface area (Å²) in [6.07, 6.45) is 9.84. The molecule has 5 aromatic rings. The van der Waals surface area contributed by atoms with Gasteiger partial charge in [-0.1, -0.05) is 48.5 Å². The second-order valence-corrected chi connectivity index (χ2v) is 10.1. The van der Waals surface area contributed by atoms with Crippen LogP contribution in [0.5, 0.6) is 0 Å². The molecule has 0 spiro atoms. The molecule has 2 atom stereocenters. The second kappa shape index (κ2) is 9.14. The zero-order valence-electron chi connectivity index (χ0n) is 20.8. The minimum Gasteiger partial charge on any atom is -0.207 e. The van der Waals surface area contributed by atoms with Crippen LogP contribution in [0.25, 0.3) is 39.8 Å². The molecule has 0 bridgehead atoms. The van der Waals surface area contributed by atoms with Gasteiger partial charge in [0, 0.05) is 36.2 Å². The van der Waals surface area contributed by atoms with Crippen molar-refractivity contribution in [2.75, 3.05) is 0 Å². The number of fused-ring (bicyclic) bond motifs is 9. The SMILES string of the molecule is Fc1cc(F)c2c(c1)C1C/C=C/[n+]3cc(-c4ccccc4)ccc3-c3ccccc3CC1[n+]1ccccc1-2. The zero-order chi connectivity index (χ0) is 25.6. The van der Waals surface area contributed by atoms with Gasteiger partial charge in [0.25, 0.3) is 0 Å². The lowest BCUT2D eigenvalue weighted by Crippen LogP contribution is -2.48. The van der Waals surface area contributed by atoms with Crippen LogP contribution in [-0.2, 0) is 6.42 Å². The maximum atomic E-state index is 15.3. The summed E-state index contributed by atoms with van der Waals surface area (Å²) in [4.78, 5) is 0. The molecule has 4 heterocycles. The van der Waals surface area contributed by atoms with Crippen molar-refractivity contribution in [1.82, 2.24) is 0 Å². The Kier molecular flexibility index (Phi) is 5.47. The van der Waals surface area contributed by atoms with E-state index in [0.29, 0.717) is 12.0 Å². The molecule has 7 rings (SSSR count). The monoisotopic (exact) mass is 500 g/mol. The molecule has 2 aromatic heterocycles. The predicted molar refractivity (Wildman–Crippen MR) is 145 cm³/mol. The van der Waals surface area contributed by atoms with Gasteiger partial charge in [-0.2, -0.15) is 9.13 Å². The zero-order valence-corrected chi connectivity index (χ0v) is 20.8. The third kappa shape index (κ3) is 3.76. The molecule has 184 valence electrons. The number of rotatable bonds is 1. The van der Waals surface area contributed by atoms with Crippen molar-refractivity contribution < 1.29 is 17.9 Å². The molecule has 2 nitrogen and oxygen atoms in total. The normalized spacial score (nSPS) is 18.3. The number of halogens is 2. The van der Waals surface area contributed by atoms with Crippen LogP contribution in [0.1, 0.15) is 29.5 Å².